The largest absolute Gasteiger partial charge is 0.478 e. The van der Waals surface area contributed by atoms with Crippen molar-refractivity contribution in [3.05, 3.63) is 65.6 Å². The van der Waals surface area contributed by atoms with Crippen LogP contribution in [0.15, 0.2) is 59.3 Å². The number of fused-ring (bicyclic) bond motifs is 1. The molecule has 10 heteroatoms. The molecule has 1 heterocycles. The van der Waals surface area contributed by atoms with E-state index in [0.717, 1.165) is 0 Å². The Morgan fingerprint density at radius 2 is 1.97 bits per heavy atom. The third-order valence-corrected chi connectivity index (χ3v) is 6.33. The summed E-state index contributed by atoms with van der Waals surface area (Å²) in [5.74, 6) is -1.51. The van der Waals surface area contributed by atoms with Gasteiger partial charge in [-0.15, -0.1) is 12.4 Å². The zero-order chi connectivity index (χ0) is 22.1. The van der Waals surface area contributed by atoms with Crippen molar-refractivity contribution < 1.29 is 22.7 Å². The van der Waals surface area contributed by atoms with Crippen LogP contribution in [0.4, 0.5) is 4.39 Å². The number of aromatic nitrogens is 1. The average Bonchev–Trinajstić information content (AvgIpc) is 2.99. The maximum absolute atomic E-state index is 14.3. The van der Waals surface area contributed by atoms with E-state index in [1.807, 2.05) is 0 Å². The first-order valence-corrected chi connectivity index (χ1v) is 10.6. The van der Waals surface area contributed by atoms with Crippen molar-refractivity contribution in [2.45, 2.75) is 18.4 Å². The lowest BCUT2D eigenvalue weighted by molar-refractivity contribution is 0.0697. The van der Waals surface area contributed by atoms with Gasteiger partial charge in [0.05, 0.1) is 17.0 Å². The summed E-state index contributed by atoms with van der Waals surface area (Å²) in [4.78, 5) is 11.6. The van der Waals surface area contributed by atoms with Crippen LogP contribution in [0.5, 0.6) is 0 Å². The summed E-state index contributed by atoms with van der Waals surface area (Å²) in [7, 11) is -2.35. The SMILES string of the molecule is CNS(=O)(=O)c1cccc(-c2c(C)n(CC(F)=CCN)c3ccc(C(=O)O)cc23)c1.Cl. The van der Waals surface area contributed by atoms with Crippen molar-refractivity contribution in [3.8, 4) is 11.1 Å². The molecule has 0 aliphatic rings. The number of allylic oxidation sites excluding steroid dienone is 1. The number of rotatable bonds is 7. The number of nitrogens with zero attached hydrogens (tertiary/aromatic N) is 1. The van der Waals surface area contributed by atoms with Gasteiger partial charge in [0.25, 0.3) is 0 Å². The van der Waals surface area contributed by atoms with Gasteiger partial charge < -0.3 is 15.4 Å². The molecule has 4 N–H and O–H groups in total. The Balaban J connectivity index is 0.00000341. The molecule has 0 fully saturated rings. The van der Waals surface area contributed by atoms with Gasteiger partial charge in [-0.1, -0.05) is 12.1 Å². The van der Waals surface area contributed by atoms with E-state index in [1.54, 1.807) is 29.7 Å². The van der Waals surface area contributed by atoms with Gasteiger partial charge in [0.15, 0.2) is 0 Å². The van der Waals surface area contributed by atoms with Crippen LogP contribution in [0.3, 0.4) is 0 Å². The molecule has 7 nitrogen and oxygen atoms in total. The number of carboxylic acid groups (broad SMARTS) is 1. The number of hydrogen-bond donors (Lipinski definition) is 3. The Morgan fingerprint density at radius 1 is 1.26 bits per heavy atom. The van der Waals surface area contributed by atoms with Crippen LogP contribution in [-0.4, -0.2) is 37.7 Å². The summed E-state index contributed by atoms with van der Waals surface area (Å²) in [5, 5.41) is 9.99. The average molecular weight is 468 g/mol. The van der Waals surface area contributed by atoms with Gasteiger partial charge in [0.1, 0.15) is 5.83 Å². The fourth-order valence-electron chi connectivity index (χ4n) is 3.46. The molecule has 0 atom stereocenters. The van der Waals surface area contributed by atoms with E-state index in [2.05, 4.69) is 4.72 Å². The first kappa shape index (κ1) is 24.5. The molecule has 0 radical (unpaired) electrons. The maximum Gasteiger partial charge on any atom is 0.335 e. The Kier molecular flexibility index (Phi) is 7.61. The lowest BCUT2D eigenvalue weighted by Gasteiger charge is -2.09. The van der Waals surface area contributed by atoms with Gasteiger partial charge in [-0.05, 0) is 55.9 Å². The van der Waals surface area contributed by atoms with Gasteiger partial charge >= 0.3 is 5.97 Å². The van der Waals surface area contributed by atoms with Gasteiger partial charge in [0.2, 0.25) is 10.0 Å². The second-order valence-corrected chi connectivity index (χ2v) is 8.59. The molecule has 0 bridgehead atoms. The Morgan fingerprint density at radius 3 is 2.58 bits per heavy atom. The number of sulfonamides is 1. The standard InChI is InChI=1S/C21H22FN3O4S.ClH/c1-13-20(14-4-3-5-17(10-14)30(28,29)24-2)18-11-15(21(26)27)6-7-19(18)25(13)12-16(22)8-9-23;/h3-8,10-11,24H,9,12,23H2,1-2H3,(H,26,27);1H. The van der Waals surface area contributed by atoms with Crippen molar-refractivity contribution in [1.82, 2.24) is 9.29 Å². The molecule has 0 spiro atoms. The zero-order valence-corrected chi connectivity index (χ0v) is 18.6. The smallest absolute Gasteiger partial charge is 0.335 e. The number of benzene rings is 2. The maximum atomic E-state index is 14.3. The molecular formula is C21H23ClFN3O4S. The fourth-order valence-corrected chi connectivity index (χ4v) is 4.24. The summed E-state index contributed by atoms with van der Waals surface area (Å²) in [6, 6.07) is 10.9. The highest BCUT2D eigenvalue weighted by Crippen LogP contribution is 2.36. The van der Waals surface area contributed by atoms with E-state index in [-0.39, 0.29) is 36.0 Å². The first-order valence-electron chi connectivity index (χ1n) is 9.14. The number of nitrogens with two attached hydrogens (primary N) is 1. The van der Waals surface area contributed by atoms with Gasteiger partial charge in [-0.2, -0.15) is 0 Å². The summed E-state index contributed by atoms with van der Waals surface area (Å²) in [6.45, 7) is 1.77. The molecule has 0 saturated carbocycles. The van der Waals surface area contributed by atoms with E-state index in [1.165, 1.54) is 37.4 Å². The van der Waals surface area contributed by atoms with Crippen molar-refractivity contribution in [3.63, 3.8) is 0 Å². The molecule has 166 valence electrons. The number of carbonyl (C=O) groups is 1. The monoisotopic (exact) mass is 467 g/mol. The lowest BCUT2D eigenvalue weighted by Crippen LogP contribution is -2.18. The van der Waals surface area contributed by atoms with E-state index in [9.17, 15) is 22.7 Å². The van der Waals surface area contributed by atoms with Crippen LogP contribution in [0.2, 0.25) is 0 Å². The van der Waals surface area contributed by atoms with Crippen LogP contribution in [0.25, 0.3) is 22.0 Å². The molecule has 0 aliphatic carbocycles. The van der Waals surface area contributed by atoms with Crippen molar-refractivity contribution in [1.29, 1.82) is 0 Å². The predicted octanol–water partition coefficient (Wildman–Crippen LogP) is 3.46. The molecule has 0 unspecified atom stereocenters. The normalized spacial score (nSPS) is 12.1. The van der Waals surface area contributed by atoms with Crippen LogP contribution >= 0.6 is 12.4 Å². The third-order valence-electron chi connectivity index (χ3n) is 4.92. The van der Waals surface area contributed by atoms with Crippen molar-refractivity contribution in [2.24, 2.45) is 5.73 Å². The van der Waals surface area contributed by atoms with Crippen LogP contribution < -0.4 is 10.5 Å². The van der Waals surface area contributed by atoms with Gasteiger partial charge in [0, 0.05) is 28.7 Å². The first-order chi connectivity index (χ1) is 14.2. The summed E-state index contributed by atoms with van der Waals surface area (Å²) in [5.41, 5.74) is 8.01. The van der Waals surface area contributed by atoms with Crippen LogP contribution in [-0.2, 0) is 16.6 Å². The second kappa shape index (κ2) is 9.61. The Bertz CT molecular complexity index is 1270. The Hall–Kier alpha value is -2.72. The predicted molar refractivity (Wildman–Crippen MR) is 121 cm³/mol. The second-order valence-electron chi connectivity index (χ2n) is 6.71. The minimum absolute atomic E-state index is 0. The molecule has 3 rings (SSSR count). The highest BCUT2D eigenvalue weighted by Gasteiger charge is 2.20. The number of halogens is 2. The molecule has 0 amide bonds. The number of nitrogens with one attached hydrogen (secondary N) is 1. The lowest BCUT2D eigenvalue weighted by atomic mass is 10.0. The minimum Gasteiger partial charge on any atom is -0.478 e. The van der Waals surface area contributed by atoms with E-state index < -0.39 is 21.8 Å². The molecule has 1 aromatic heterocycles. The third kappa shape index (κ3) is 4.80. The van der Waals surface area contributed by atoms with E-state index in [0.29, 0.717) is 27.7 Å². The van der Waals surface area contributed by atoms with Crippen LogP contribution in [0.1, 0.15) is 16.1 Å². The highest BCUT2D eigenvalue weighted by molar-refractivity contribution is 7.89. The quantitative estimate of drug-likeness (QED) is 0.492. The molecular weight excluding hydrogens is 445 g/mol. The summed E-state index contributed by atoms with van der Waals surface area (Å²) >= 11 is 0. The van der Waals surface area contributed by atoms with E-state index >= 15 is 0 Å². The molecule has 0 saturated heterocycles. The summed E-state index contributed by atoms with van der Waals surface area (Å²) in [6.07, 6.45) is 1.27. The number of aromatic carboxylic acids is 1. The van der Waals surface area contributed by atoms with Crippen molar-refractivity contribution in [2.75, 3.05) is 13.6 Å². The van der Waals surface area contributed by atoms with Gasteiger partial charge in [-0.25, -0.2) is 22.3 Å². The fraction of sp³-hybridized carbons (Fsp3) is 0.190. The van der Waals surface area contributed by atoms with Crippen LogP contribution in [0, 0.1) is 6.92 Å². The number of hydrogen-bond acceptors (Lipinski definition) is 4. The molecule has 3 aromatic rings. The summed E-state index contributed by atoms with van der Waals surface area (Å²) < 4.78 is 42.7. The zero-order valence-electron chi connectivity index (χ0n) is 16.9. The minimum atomic E-state index is -3.67. The Labute approximate surface area is 185 Å². The molecule has 0 aliphatic heterocycles. The molecule has 2 aromatic carbocycles. The molecule has 31 heavy (non-hydrogen) atoms. The highest BCUT2D eigenvalue weighted by atomic mass is 35.5. The van der Waals surface area contributed by atoms with Gasteiger partial charge in [-0.3, -0.25) is 0 Å². The topological polar surface area (TPSA) is 114 Å². The number of carboxylic acids is 1. The van der Waals surface area contributed by atoms with E-state index in [4.69, 9.17) is 5.73 Å². The van der Waals surface area contributed by atoms with Crippen molar-refractivity contribution >= 4 is 39.3 Å².